The fraction of sp³-hybridized carbons (Fsp3) is 0.367. The summed E-state index contributed by atoms with van der Waals surface area (Å²) in [5.41, 5.74) is 2.30. The smallest absolute Gasteiger partial charge is 0.278 e. The predicted molar refractivity (Wildman–Crippen MR) is 159 cm³/mol. The summed E-state index contributed by atoms with van der Waals surface area (Å²) in [6.07, 6.45) is 8.35. The summed E-state index contributed by atoms with van der Waals surface area (Å²) in [6.45, 7) is 3.05. The van der Waals surface area contributed by atoms with Gasteiger partial charge in [0.1, 0.15) is 5.39 Å². The topological polar surface area (TPSA) is 114 Å². The summed E-state index contributed by atoms with van der Waals surface area (Å²) < 4.78 is 8.96. The number of carbonyl (C=O) groups is 1. The maximum absolute atomic E-state index is 13.5. The van der Waals surface area contributed by atoms with Crippen LogP contribution in [0, 0.1) is 0 Å². The number of likely N-dealkylation sites (tertiary alicyclic amines) is 1. The molecule has 4 aliphatic heterocycles. The van der Waals surface area contributed by atoms with E-state index >= 15 is 0 Å². The van der Waals surface area contributed by atoms with Crippen LogP contribution in [0.15, 0.2) is 59.5 Å². The lowest BCUT2D eigenvalue weighted by Crippen LogP contribution is -2.44. The number of hydrogen-bond donors (Lipinski definition) is 1. The van der Waals surface area contributed by atoms with E-state index in [2.05, 4.69) is 39.3 Å². The highest BCUT2D eigenvalue weighted by molar-refractivity contribution is 5.96. The van der Waals surface area contributed by atoms with Crippen molar-refractivity contribution < 1.29 is 9.53 Å². The van der Waals surface area contributed by atoms with Crippen LogP contribution < -0.4 is 25.4 Å². The minimum Gasteiger partial charge on any atom is -0.480 e. The van der Waals surface area contributed by atoms with Crippen molar-refractivity contribution in [3.8, 4) is 11.6 Å². The van der Waals surface area contributed by atoms with E-state index in [9.17, 15) is 9.59 Å². The van der Waals surface area contributed by atoms with Crippen LogP contribution in [-0.2, 0) is 11.3 Å². The Labute approximate surface area is 241 Å². The maximum atomic E-state index is 13.5. The van der Waals surface area contributed by atoms with Gasteiger partial charge in [0.05, 0.1) is 6.54 Å². The van der Waals surface area contributed by atoms with Gasteiger partial charge in [-0.25, -0.2) is 19.3 Å². The van der Waals surface area contributed by atoms with Gasteiger partial charge in [-0.1, -0.05) is 12.2 Å². The standard InChI is InChI=1S/C30H31N9O3/c1-35-16-22-14-21(35)17-37(22)20-8-6-19(7-9-20)32-30-31-15-23-27(34-30)39-25-11-10-24-28(33-25)36(26(40)18-42-24)12-4-2-3-5-13-38(39)29(23)41/h3,5-11,15,21-22H,2,4,12-14,16-18H2,1H3,(H,31,32,34)/b5-3-/t21-,22-/m0/s1. The summed E-state index contributed by atoms with van der Waals surface area (Å²) in [5, 5.41) is 3.69. The number of pyridine rings is 1. The van der Waals surface area contributed by atoms with Gasteiger partial charge >= 0.3 is 0 Å². The van der Waals surface area contributed by atoms with Crippen molar-refractivity contribution in [2.75, 3.05) is 48.4 Å². The molecule has 1 amide bonds. The van der Waals surface area contributed by atoms with Gasteiger partial charge in [-0.05, 0) is 62.7 Å². The zero-order chi connectivity index (χ0) is 28.4. The van der Waals surface area contributed by atoms with E-state index in [-0.39, 0.29) is 18.1 Å². The van der Waals surface area contributed by atoms with Crippen LogP contribution in [0.5, 0.6) is 5.75 Å². The van der Waals surface area contributed by atoms with Gasteiger partial charge in [-0.3, -0.25) is 19.4 Å². The minimum atomic E-state index is -0.211. The number of piperazine rings is 1. The Balaban J connectivity index is 1.16. The number of likely N-dealkylation sites (N-methyl/N-ethyl adjacent to an activating group) is 1. The van der Waals surface area contributed by atoms with E-state index in [1.54, 1.807) is 32.6 Å². The average molecular weight is 566 g/mol. The van der Waals surface area contributed by atoms with Gasteiger partial charge in [0.25, 0.3) is 11.5 Å². The Morgan fingerprint density at radius 1 is 1.00 bits per heavy atom. The van der Waals surface area contributed by atoms with E-state index in [1.807, 2.05) is 24.3 Å². The van der Waals surface area contributed by atoms with Crippen LogP contribution in [0.2, 0.25) is 0 Å². The van der Waals surface area contributed by atoms with Crippen molar-refractivity contribution >= 4 is 40.1 Å². The Hall–Kier alpha value is -4.71. The molecule has 1 aromatic carbocycles. The third kappa shape index (κ3) is 4.04. The fourth-order valence-corrected chi connectivity index (χ4v) is 6.61. The summed E-state index contributed by atoms with van der Waals surface area (Å²) in [7, 11) is 2.21. The first-order chi connectivity index (χ1) is 20.5. The van der Waals surface area contributed by atoms with Crippen molar-refractivity contribution in [2.24, 2.45) is 0 Å². The lowest BCUT2D eigenvalue weighted by molar-refractivity contribution is -0.121. The molecule has 0 radical (unpaired) electrons. The average Bonchev–Trinajstić information content (AvgIpc) is 3.66. The number of nitrogens with one attached hydrogen (secondary N) is 1. The van der Waals surface area contributed by atoms with Crippen LogP contribution in [0.1, 0.15) is 19.3 Å². The van der Waals surface area contributed by atoms with E-state index in [4.69, 9.17) is 14.7 Å². The first kappa shape index (κ1) is 25.0. The molecule has 7 heterocycles. The van der Waals surface area contributed by atoms with Crippen molar-refractivity contribution in [3.63, 3.8) is 0 Å². The zero-order valence-corrected chi connectivity index (χ0v) is 23.3. The Morgan fingerprint density at radius 2 is 1.88 bits per heavy atom. The Kier molecular flexibility index (Phi) is 5.78. The van der Waals surface area contributed by atoms with Gasteiger partial charge in [-0.2, -0.15) is 4.98 Å². The lowest BCUT2D eigenvalue weighted by Gasteiger charge is -2.33. The largest absolute Gasteiger partial charge is 0.480 e. The molecule has 2 atom stereocenters. The zero-order valence-electron chi connectivity index (χ0n) is 23.3. The van der Waals surface area contributed by atoms with Gasteiger partial charge in [0, 0.05) is 49.3 Å². The van der Waals surface area contributed by atoms with Crippen molar-refractivity contribution in [3.05, 3.63) is 65.1 Å². The number of benzene rings is 1. The monoisotopic (exact) mass is 565 g/mol. The number of carbonyl (C=O) groups excluding carboxylic acids is 1. The van der Waals surface area contributed by atoms with Crippen molar-refractivity contribution in [1.29, 1.82) is 0 Å². The number of nitrogens with zero attached hydrogens (tertiary/aromatic N) is 8. The molecule has 2 fully saturated rings. The van der Waals surface area contributed by atoms with Crippen LogP contribution in [0.4, 0.5) is 23.1 Å². The highest BCUT2D eigenvalue weighted by atomic mass is 16.5. The maximum Gasteiger partial charge on any atom is 0.278 e. The molecule has 0 unspecified atom stereocenters. The molecule has 12 nitrogen and oxygen atoms in total. The normalized spacial score (nSPS) is 22.5. The second-order valence-corrected chi connectivity index (χ2v) is 11.4. The molecule has 42 heavy (non-hydrogen) atoms. The number of anilines is 4. The molecule has 12 heteroatoms. The van der Waals surface area contributed by atoms with Gasteiger partial charge < -0.3 is 15.0 Å². The second kappa shape index (κ2) is 9.69. The molecule has 214 valence electrons. The molecular formula is C30H31N9O3. The van der Waals surface area contributed by atoms with Crippen LogP contribution in [-0.4, -0.2) is 80.5 Å². The Bertz CT molecular complexity index is 1790. The number of aromatic nitrogens is 5. The number of amides is 1. The third-order valence-corrected chi connectivity index (χ3v) is 8.79. The highest BCUT2D eigenvalue weighted by Crippen LogP contribution is 2.35. The number of rotatable bonds is 3. The molecule has 2 saturated heterocycles. The first-order valence-electron chi connectivity index (χ1n) is 14.5. The SMILES string of the molecule is CN1C[C@@H]2C[C@H]1CN2c1ccc(Nc2ncc3c(=O)n4n(c3n2)-c2ccc3c(n2)N(CCC/C=C\C4)C(=O)CO3)cc1. The van der Waals surface area contributed by atoms with Gasteiger partial charge in [0.15, 0.2) is 29.6 Å². The van der Waals surface area contributed by atoms with Gasteiger partial charge in [0.2, 0.25) is 5.95 Å². The van der Waals surface area contributed by atoms with E-state index in [1.165, 1.54) is 12.1 Å². The molecule has 4 aromatic rings. The molecule has 8 rings (SSSR count). The number of ether oxygens (including phenoxy) is 1. The van der Waals surface area contributed by atoms with E-state index < -0.39 is 0 Å². The molecule has 0 saturated carbocycles. The molecule has 3 aromatic heterocycles. The summed E-state index contributed by atoms with van der Waals surface area (Å²) in [5.74, 6) is 1.72. The molecule has 4 bridgehead atoms. The molecule has 1 N–H and O–H groups in total. The summed E-state index contributed by atoms with van der Waals surface area (Å²) in [6, 6.07) is 13.1. The van der Waals surface area contributed by atoms with E-state index in [0.717, 1.165) is 31.6 Å². The molecular weight excluding hydrogens is 534 g/mol. The minimum absolute atomic E-state index is 0.0132. The first-order valence-corrected chi connectivity index (χ1v) is 14.5. The number of hydrogen-bond acceptors (Lipinski definition) is 9. The van der Waals surface area contributed by atoms with Crippen LogP contribution in [0.25, 0.3) is 16.9 Å². The van der Waals surface area contributed by atoms with Crippen LogP contribution >= 0.6 is 0 Å². The van der Waals surface area contributed by atoms with Crippen molar-refractivity contribution in [2.45, 2.75) is 37.9 Å². The second-order valence-electron chi connectivity index (χ2n) is 11.4. The highest BCUT2D eigenvalue weighted by Gasteiger charge is 2.41. The van der Waals surface area contributed by atoms with Gasteiger partial charge in [-0.15, -0.1) is 0 Å². The molecule has 4 aliphatic rings. The summed E-state index contributed by atoms with van der Waals surface area (Å²) >= 11 is 0. The fourth-order valence-electron chi connectivity index (χ4n) is 6.61. The predicted octanol–water partition coefficient (Wildman–Crippen LogP) is 2.69. The quantitative estimate of drug-likeness (QED) is 0.375. The molecule has 0 spiro atoms. The van der Waals surface area contributed by atoms with E-state index in [0.29, 0.717) is 59.5 Å². The van der Waals surface area contributed by atoms with Crippen molar-refractivity contribution in [1.82, 2.24) is 29.2 Å². The third-order valence-electron chi connectivity index (χ3n) is 8.79. The Morgan fingerprint density at radius 3 is 2.69 bits per heavy atom. The summed E-state index contributed by atoms with van der Waals surface area (Å²) in [4.78, 5) is 46.9. The number of allylic oxidation sites excluding steroid dienone is 2. The molecule has 0 aliphatic carbocycles. The number of fused-ring (bicyclic) bond motifs is 7. The van der Waals surface area contributed by atoms with Crippen LogP contribution in [0.3, 0.4) is 0 Å². The lowest BCUT2D eigenvalue weighted by atomic mass is 10.2.